The molecule has 1 aliphatic carbocycles. The van der Waals surface area contributed by atoms with E-state index in [2.05, 4.69) is 5.32 Å². The van der Waals surface area contributed by atoms with Crippen LogP contribution in [0.2, 0.25) is 5.02 Å². The van der Waals surface area contributed by atoms with E-state index in [1.807, 2.05) is 0 Å². The predicted octanol–water partition coefficient (Wildman–Crippen LogP) is 4.73. The fourth-order valence-electron chi connectivity index (χ4n) is 3.12. The molecular formula is C18H22ClF3N2O2. The number of halogens is 4. The zero-order chi connectivity index (χ0) is 19.3. The Kier molecular flexibility index (Phi) is 6.92. The molecule has 0 aliphatic heterocycles. The van der Waals surface area contributed by atoms with Crippen molar-refractivity contribution in [2.45, 2.75) is 44.7 Å². The molecule has 0 unspecified atom stereocenters. The molecule has 1 aliphatic rings. The molecule has 1 aromatic carbocycles. The molecule has 2 amide bonds. The fourth-order valence-corrected chi connectivity index (χ4v) is 3.34. The van der Waals surface area contributed by atoms with E-state index < -0.39 is 22.7 Å². The quantitative estimate of drug-likeness (QED) is 0.790. The van der Waals surface area contributed by atoms with E-state index in [4.69, 9.17) is 11.6 Å². The monoisotopic (exact) mass is 390 g/mol. The lowest BCUT2D eigenvalue weighted by Crippen LogP contribution is -2.36. The van der Waals surface area contributed by atoms with Gasteiger partial charge in [0, 0.05) is 19.2 Å². The maximum Gasteiger partial charge on any atom is 0.417 e. The van der Waals surface area contributed by atoms with Gasteiger partial charge in [0.25, 0.3) is 0 Å². The SMILES string of the molecule is CN(CC(=O)Nc1ccc(Cl)c(C(F)(F)F)c1)C(=O)CC1CCCCC1. The molecule has 1 saturated carbocycles. The number of rotatable bonds is 5. The van der Waals surface area contributed by atoms with Crippen molar-refractivity contribution in [3.63, 3.8) is 0 Å². The second-order valence-corrected chi connectivity index (χ2v) is 7.11. The normalized spacial score (nSPS) is 15.6. The van der Waals surface area contributed by atoms with Gasteiger partial charge in [-0.2, -0.15) is 13.2 Å². The number of carbonyl (C=O) groups excluding carboxylic acids is 2. The van der Waals surface area contributed by atoms with Gasteiger partial charge in [-0.15, -0.1) is 0 Å². The largest absolute Gasteiger partial charge is 0.417 e. The van der Waals surface area contributed by atoms with Gasteiger partial charge in [-0.3, -0.25) is 9.59 Å². The van der Waals surface area contributed by atoms with Crippen LogP contribution in [0.5, 0.6) is 0 Å². The number of likely N-dealkylation sites (N-methyl/N-ethyl adjacent to an activating group) is 1. The highest BCUT2D eigenvalue weighted by molar-refractivity contribution is 6.31. The Labute approximate surface area is 155 Å². The molecule has 1 aromatic rings. The van der Waals surface area contributed by atoms with Crippen LogP contribution in [0.4, 0.5) is 18.9 Å². The van der Waals surface area contributed by atoms with Crippen LogP contribution < -0.4 is 5.32 Å². The fraction of sp³-hybridized carbons (Fsp3) is 0.556. The van der Waals surface area contributed by atoms with Crippen LogP contribution in [0.3, 0.4) is 0 Å². The third kappa shape index (κ3) is 5.90. The van der Waals surface area contributed by atoms with Crippen LogP contribution in [-0.4, -0.2) is 30.3 Å². The summed E-state index contributed by atoms with van der Waals surface area (Å²) < 4.78 is 38.6. The summed E-state index contributed by atoms with van der Waals surface area (Å²) in [5.41, 5.74) is -1.03. The summed E-state index contributed by atoms with van der Waals surface area (Å²) in [6.45, 7) is -0.213. The van der Waals surface area contributed by atoms with Crippen molar-refractivity contribution in [1.82, 2.24) is 4.90 Å². The number of benzene rings is 1. The van der Waals surface area contributed by atoms with Gasteiger partial charge in [-0.1, -0.05) is 30.9 Å². The highest BCUT2D eigenvalue weighted by Gasteiger charge is 2.33. The molecular weight excluding hydrogens is 369 g/mol. The molecule has 144 valence electrons. The minimum atomic E-state index is -4.61. The smallest absolute Gasteiger partial charge is 0.336 e. The maximum absolute atomic E-state index is 12.9. The van der Waals surface area contributed by atoms with Crippen molar-refractivity contribution >= 4 is 29.1 Å². The van der Waals surface area contributed by atoms with Crippen molar-refractivity contribution in [2.75, 3.05) is 18.9 Å². The van der Waals surface area contributed by atoms with Gasteiger partial charge in [0.1, 0.15) is 0 Å². The van der Waals surface area contributed by atoms with Crippen molar-refractivity contribution in [2.24, 2.45) is 5.92 Å². The Morgan fingerprint density at radius 3 is 2.50 bits per heavy atom. The van der Waals surface area contributed by atoms with Gasteiger partial charge in [0.15, 0.2) is 0 Å². The van der Waals surface area contributed by atoms with Crippen molar-refractivity contribution in [3.05, 3.63) is 28.8 Å². The standard InChI is InChI=1S/C18H22ClF3N2O2/c1-24(17(26)9-12-5-3-2-4-6-12)11-16(25)23-13-7-8-15(19)14(10-13)18(20,21)22/h7-8,10,12H,2-6,9,11H2,1H3,(H,23,25). The third-order valence-corrected chi connectivity index (χ3v) is 4.88. The topological polar surface area (TPSA) is 49.4 Å². The maximum atomic E-state index is 12.9. The lowest BCUT2D eigenvalue weighted by molar-refractivity contribution is -0.137. The number of amides is 2. The zero-order valence-electron chi connectivity index (χ0n) is 14.5. The van der Waals surface area contributed by atoms with Crippen molar-refractivity contribution in [3.8, 4) is 0 Å². The highest BCUT2D eigenvalue weighted by atomic mass is 35.5. The van der Waals surface area contributed by atoms with Crippen LogP contribution in [0.25, 0.3) is 0 Å². The first kappa shape index (κ1) is 20.6. The average molecular weight is 391 g/mol. The van der Waals surface area contributed by atoms with E-state index in [0.29, 0.717) is 12.3 Å². The summed E-state index contributed by atoms with van der Waals surface area (Å²) in [7, 11) is 1.52. The first-order valence-electron chi connectivity index (χ1n) is 8.57. The van der Waals surface area contributed by atoms with Gasteiger partial charge in [0.05, 0.1) is 17.1 Å². The Morgan fingerprint density at radius 1 is 1.23 bits per heavy atom. The molecule has 0 atom stereocenters. The Morgan fingerprint density at radius 2 is 1.88 bits per heavy atom. The molecule has 8 heteroatoms. The summed E-state index contributed by atoms with van der Waals surface area (Å²) in [6, 6.07) is 3.15. The number of alkyl halides is 3. The molecule has 0 bridgehead atoms. The molecule has 26 heavy (non-hydrogen) atoms. The first-order chi connectivity index (χ1) is 12.2. The Hall–Kier alpha value is -1.76. The second kappa shape index (κ2) is 8.75. The number of nitrogens with one attached hydrogen (secondary N) is 1. The van der Waals surface area contributed by atoms with E-state index in [1.165, 1.54) is 24.4 Å². The number of nitrogens with zero attached hydrogens (tertiary/aromatic N) is 1. The molecule has 2 rings (SSSR count). The Balaban J connectivity index is 1.90. The molecule has 4 nitrogen and oxygen atoms in total. The molecule has 0 spiro atoms. The van der Waals surface area contributed by atoms with Crippen molar-refractivity contribution < 1.29 is 22.8 Å². The number of anilines is 1. The summed E-state index contributed by atoms with van der Waals surface area (Å²) in [6.07, 6.45) is 1.30. The molecule has 0 heterocycles. The summed E-state index contributed by atoms with van der Waals surface area (Å²) in [4.78, 5) is 25.6. The summed E-state index contributed by atoms with van der Waals surface area (Å²) in [5, 5.41) is 1.94. The van der Waals surface area contributed by atoms with Gasteiger partial charge < -0.3 is 10.2 Å². The number of hydrogen-bond donors (Lipinski definition) is 1. The van der Waals surface area contributed by atoms with Gasteiger partial charge in [0.2, 0.25) is 11.8 Å². The van der Waals surface area contributed by atoms with Gasteiger partial charge >= 0.3 is 6.18 Å². The number of carbonyl (C=O) groups is 2. The van der Waals surface area contributed by atoms with E-state index in [0.717, 1.165) is 37.8 Å². The molecule has 0 saturated heterocycles. The number of hydrogen-bond acceptors (Lipinski definition) is 2. The van der Waals surface area contributed by atoms with E-state index in [-0.39, 0.29) is 18.1 Å². The van der Waals surface area contributed by atoms with Crippen LogP contribution in [0, 0.1) is 5.92 Å². The van der Waals surface area contributed by atoms with Crippen LogP contribution >= 0.6 is 11.6 Å². The third-order valence-electron chi connectivity index (χ3n) is 4.55. The summed E-state index contributed by atoms with van der Waals surface area (Å²) >= 11 is 5.55. The molecule has 0 aromatic heterocycles. The molecule has 1 fully saturated rings. The second-order valence-electron chi connectivity index (χ2n) is 6.70. The van der Waals surface area contributed by atoms with E-state index >= 15 is 0 Å². The Bertz CT molecular complexity index is 658. The first-order valence-corrected chi connectivity index (χ1v) is 8.95. The van der Waals surface area contributed by atoms with Crippen LogP contribution in [-0.2, 0) is 15.8 Å². The zero-order valence-corrected chi connectivity index (χ0v) is 15.3. The lowest BCUT2D eigenvalue weighted by atomic mass is 9.87. The van der Waals surface area contributed by atoms with E-state index in [1.54, 1.807) is 0 Å². The summed E-state index contributed by atoms with van der Waals surface area (Å²) in [5.74, 6) is -0.327. The van der Waals surface area contributed by atoms with Crippen LogP contribution in [0.15, 0.2) is 18.2 Å². The molecule has 1 N–H and O–H groups in total. The predicted molar refractivity (Wildman–Crippen MR) is 93.9 cm³/mol. The molecule has 0 radical (unpaired) electrons. The van der Waals surface area contributed by atoms with Gasteiger partial charge in [-0.05, 0) is 37.0 Å². The van der Waals surface area contributed by atoms with Crippen molar-refractivity contribution in [1.29, 1.82) is 0 Å². The van der Waals surface area contributed by atoms with Crippen LogP contribution in [0.1, 0.15) is 44.1 Å². The highest BCUT2D eigenvalue weighted by Crippen LogP contribution is 2.36. The lowest BCUT2D eigenvalue weighted by Gasteiger charge is -2.24. The van der Waals surface area contributed by atoms with Gasteiger partial charge in [-0.25, -0.2) is 0 Å². The minimum Gasteiger partial charge on any atom is -0.336 e. The average Bonchev–Trinajstić information content (AvgIpc) is 2.56. The van der Waals surface area contributed by atoms with E-state index in [9.17, 15) is 22.8 Å². The minimum absolute atomic E-state index is 0.0140.